The highest BCUT2D eigenvalue weighted by Crippen LogP contribution is 2.40. The molecule has 0 radical (unpaired) electrons. The van der Waals surface area contributed by atoms with E-state index >= 15 is 0 Å². The van der Waals surface area contributed by atoms with Crippen LogP contribution in [0.3, 0.4) is 0 Å². The van der Waals surface area contributed by atoms with Crippen molar-refractivity contribution in [3.8, 4) is 5.88 Å². The van der Waals surface area contributed by atoms with Gasteiger partial charge in [-0.2, -0.15) is 0 Å². The molecule has 30 heavy (non-hydrogen) atoms. The zero-order chi connectivity index (χ0) is 21.3. The fourth-order valence-corrected chi connectivity index (χ4v) is 4.90. The van der Waals surface area contributed by atoms with E-state index in [-0.39, 0.29) is 17.7 Å². The number of nitrogens with zero attached hydrogens (tertiary/aromatic N) is 2. The minimum Gasteiger partial charge on any atom is -0.480 e. The average molecular weight is 428 g/mol. The number of halogens is 1. The summed E-state index contributed by atoms with van der Waals surface area (Å²) < 4.78 is 5.47. The normalized spacial score (nSPS) is 20.2. The van der Waals surface area contributed by atoms with Crippen molar-refractivity contribution in [1.29, 1.82) is 0 Å². The molecule has 1 aromatic heterocycles. The zero-order valence-electron chi connectivity index (χ0n) is 17.3. The van der Waals surface area contributed by atoms with Crippen LogP contribution >= 0.6 is 11.6 Å². The first-order chi connectivity index (χ1) is 14.5. The van der Waals surface area contributed by atoms with Gasteiger partial charge in [-0.05, 0) is 55.4 Å². The maximum atomic E-state index is 12.3. The Morgan fingerprint density at radius 3 is 2.53 bits per heavy atom. The van der Waals surface area contributed by atoms with Gasteiger partial charge in [0, 0.05) is 30.2 Å². The van der Waals surface area contributed by atoms with Gasteiger partial charge in [0.15, 0.2) is 0 Å². The third-order valence-electron chi connectivity index (χ3n) is 6.12. The zero-order valence-corrected chi connectivity index (χ0v) is 18.0. The number of piperidine rings is 2. The molecule has 1 unspecified atom stereocenters. The Balaban J connectivity index is 1.50. The number of rotatable bonds is 4. The minimum atomic E-state index is -0.363. The fraction of sp³-hybridized carbons (Fsp3) is 0.435. The molecule has 2 fully saturated rings. The van der Waals surface area contributed by atoms with Gasteiger partial charge < -0.3 is 9.64 Å². The van der Waals surface area contributed by atoms with Crippen molar-refractivity contribution in [1.82, 2.24) is 10.3 Å². The van der Waals surface area contributed by atoms with E-state index < -0.39 is 0 Å². The van der Waals surface area contributed by atoms with Crippen molar-refractivity contribution < 1.29 is 14.3 Å². The summed E-state index contributed by atoms with van der Waals surface area (Å²) in [6.07, 6.45) is 2.76. The van der Waals surface area contributed by atoms with Crippen LogP contribution in [0, 0.1) is 6.92 Å². The van der Waals surface area contributed by atoms with E-state index in [4.69, 9.17) is 16.3 Å². The lowest BCUT2D eigenvalue weighted by Crippen LogP contribution is -2.39. The molecule has 7 heteroatoms. The molecule has 158 valence electrons. The smallest absolute Gasteiger partial charge is 0.237 e. The molecular weight excluding hydrogens is 402 g/mol. The standard InChI is InChI=1S/C23H26ClN3O3/c1-14-6-8-19(23(25-14)30-2)27-12-10-15(11-13-27)16-4-3-5-17(21(16)24)18-7-9-20(28)26-22(18)29/h3-6,8,15,18H,7,9-13H2,1-2H3,(H,26,28,29). The van der Waals surface area contributed by atoms with Crippen molar-refractivity contribution in [2.75, 3.05) is 25.1 Å². The van der Waals surface area contributed by atoms with Crippen LogP contribution in [0.4, 0.5) is 5.69 Å². The van der Waals surface area contributed by atoms with Crippen molar-refractivity contribution in [2.45, 2.75) is 44.4 Å². The molecule has 1 atom stereocenters. The van der Waals surface area contributed by atoms with Crippen LogP contribution in [-0.4, -0.2) is 37.0 Å². The molecule has 0 bridgehead atoms. The van der Waals surface area contributed by atoms with Crippen LogP contribution in [0.5, 0.6) is 5.88 Å². The molecule has 0 spiro atoms. The number of carbonyl (C=O) groups is 2. The lowest BCUT2D eigenvalue weighted by Gasteiger charge is -2.35. The first kappa shape index (κ1) is 20.7. The number of anilines is 1. The highest BCUT2D eigenvalue weighted by atomic mass is 35.5. The number of imide groups is 1. The topological polar surface area (TPSA) is 71.5 Å². The Labute approximate surface area is 181 Å². The number of pyridine rings is 1. The first-order valence-electron chi connectivity index (χ1n) is 10.4. The monoisotopic (exact) mass is 427 g/mol. The van der Waals surface area contributed by atoms with Gasteiger partial charge in [0.25, 0.3) is 0 Å². The molecule has 2 aliphatic rings. The van der Waals surface area contributed by atoms with Crippen LogP contribution in [0.25, 0.3) is 0 Å². The number of benzene rings is 1. The summed E-state index contributed by atoms with van der Waals surface area (Å²) in [5.41, 5.74) is 3.87. The van der Waals surface area contributed by atoms with E-state index in [1.54, 1.807) is 7.11 Å². The second-order valence-electron chi connectivity index (χ2n) is 8.00. The number of methoxy groups -OCH3 is 1. The van der Waals surface area contributed by atoms with E-state index in [0.717, 1.165) is 48.4 Å². The van der Waals surface area contributed by atoms with Gasteiger partial charge in [0.1, 0.15) is 0 Å². The Morgan fingerprint density at radius 2 is 1.83 bits per heavy atom. The number of aromatic nitrogens is 1. The number of aryl methyl sites for hydroxylation is 1. The number of hydrogen-bond donors (Lipinski definition) is 1. The van der Waals surface area contributed by atoms with Crippen LogP contribution in [0.1, 0.15) is 54.3 Å². The molecule has 4 rings (SSSR count). The van der Waals surface area contributed by atoms with Crippen LogP contribution in [-0.2, 0) is 9.59 Å². The van der Waals surface area contributed by atoms with Crippen molar-refractivity contribution in [3.05, 3.63) is 52.2 Å². The third kappa shape index (κ3) is 4.01. The number of hydrogen-bond acceptors (Lipinski definition) is 5. The van der Waals surface area contributed by atoms with Gasteiger partial charge in [0.05, 0.1) is 18.7 Å². The largest absolute Gasteiger partial charge is 0.480 e. The number of nitrogens with one attached hydrogen (secondary N) is 1. The van der Waals surface area contributed by atoms with Crippen LogP contribution in [0.2, 0.25) is 5.02 Å². The number of carbonyl (C=O) groups excluding carboxylic acids is 2. The van der Waals surface area contributed by atoms with Gasteiger partial charge >= 0.3 is 0 Å². The maximum Gasteiger partial charge on any atom is 0.237 e. The summed E-state index contributed by atoms with van der Waals surface area (Å²) in [6.45, 7) is 3.71. The van der Waals surface area contributed by atoms with E-state index in [1.165, 1.54) is 0 Å². The molecule has 0 saturated carbocycles. The summed E-state index contributed by atoms with van der Waals surface area (Å²) in [5, 5.41) is 3.10. The Bertz CT molecular complexity index is 970. The van der Waals surface area contributed by atoms with E-state index in [0.29, 0.717) is 29.7 Å². The third-order valence-corrected chi connectivity index (χ3v) is 6.56. The van der Waals surface area contributed by atoms with Gasteiger partial charge in [-0.15, -0.1) is 0 Å². The molecule has 6 nitrogen and oxygen atoms in total. The van der Waals surface area contributed by atoms with Crippen LogP contribution < -0.4 is 15.0 Å². The van der Waals surface area contributed by atoms with E-state index in [2.05, 4.69) is 27.3 Å². The molecule has 0 aliphatic carbocycles. The molecule has 1 N–H and O–H groups in total. The predicted octanol–water partition coefficient (Wildman–Crippen LogP) is 3.96. The second kappa shape index (κ2) is 8.64. The van der Waals surface area contributed by atoms with E-state index in [1.807, 2.05) is 25.1 Å². The lowest BCUT2D eigenvalue weighted by molar-refractivity contribution is -0.134. The SMILES string of the molecule is COc1nc(C)ccc1N1CCC(c2cccc(C3CCC(=O)NC3=O)c2Cl)CC1. The van der Waals surface area contributed by atoms with Gasteiger partial charge in [-0.25, -0.2) is 4.98 Å². The summed E-state index contributed by atoms with van der Waals surface area (Å²) in [5.74, 6) is 0.159. The lowest BCUT2D eigenvalue weighted by atomic mass is 9.84. The minimum absolute atomic E-state index is 0.211. The summed E-state index contributed by atoms with van der Waals surface area (Å²) in [7, 11) is 1.65. The fourth-order valence-electron chi connectivity index (χ4n) is 4.49. The molecule has 3 heterocycles. The molecular formula is C23H26ClN3O3. The summed E-state index contributed by atoms with van der Waals surface area (Å²) in [6, 6.07) is 10.0. The van der Waals surface area contributed by atoms with Gasteiger partial charge in [-0.1, -0.05) is 29.8 Å². The summed E-state index contributed by atoms with van der Waals surface area (Å²) in [4.78, 5) is 30.6. The Kier molecular flexibility index (Phi) is 5.95. The van der Waals surface area contributed by atoms with Gasteiger partial charge in [-0.3, -0.25) is 14.9 Å². The Morgan fingerprint density at radius 1 is 1.10 bits per heavy atom. The summed E-state index contributed by atoms with van der Waals surface area (Å²) >= 11 is 6.79. The van der Waals surface area contributed by atoms with Crippen molar-refractivity contribution >= 4 is 29.1 Å². The van der Waals surface area contributed by atoms with E-state index in [9.17, 15) is 9.59 Å². The van der Waals surface area contributed by atoms with Crippen molar-refractivity contribution in [3.63, 3.8) is 0 Å². The van der Waals surface area contributed by atoms with Crippen molar-refractivity contribution in [2.24, 2.45) is 0 Å². The molecule has 2 amide bonds. The highest BCUT2D eigenvalue weighted by Gasteiger charge is 2.31. The molecule has 2 aliphatic heterocycles. The maximum absolute atomic E-state index is 12.3. The molecule has 2 saturated heterocycles. The Hall–Kier alpha value is -2.60. The molecule has 1 aromatic carbocycles. The quantitative estimate of drug-likeness (QED) is 0.748. The van der Waals surface area contributed by atoms with Gasteiger partial charge in [0.2, 0.25) is 17.7 Å². The number of ether oxygens (including phenoxy) is 1. The first-order valence-corrected chi connectivity index (χ1v) is 10.7. The average Bonchev–Trinajstić information content (AvgIpc) is 2.74. The molecule has 2 aromatic rings. The second-order valence-corrected chi connectivity index (χ2v) is 8.37. The van der Waals surface area contributed by atoms with Crippen LogP contribution in [0.15, 0.2) is 30.3 Å². The predicted molar refractivity (Wildman–Crippen MR) is 116 cm³/mol. The number of amides is 2. The highest BCUT2D eigenvalue weighted by molar-refractivity contribution is 6.32.